The first-order valence-corrected chi connectivity index (χ1v) is 7.49. The number of aromatic nitrogens is 1. The molecule has 1 aromatic heterocycles. The van der Waals surface area contributed by atoms with Crippen LogP contribution in [0.15, 0.2) is 36.4 Å². The lowest BCUT2D eigenvalue weighted by Gasteiger charge is -2.25. The molecule has 2 heterocycles. The average molecular weight is 319 g/mol. The van der Waals surface area contributed by atoms with Gasteiger partial charge in [0.2, 0.25) is 0 Å². The number of nitrogens with one attached hydrogen (secondary N) is 2. The van der Waals surface area contributed by atoms with Gasteiger partial charge in [0.05, 0.1) is 6.04 Å². The van der Waals surface area contributed by atoms with E-state index in [-0.39, 0.29) is 6.04 Å². The standard InChI is InChI=1S/C17H13ClF2N2/c18-10-1-2-15-14(7-10)13-3-4-21-16(17(13)22-15)9-5-11(19)8-12(20)6-9/h1-2,5-8,16,21-22H,3-4H2. The first kappa shape index (κ1) is 13.7. The normalized spacial score (nSPS) is 17.7. The molecule has 0 saturated carbocycles. The van der Waals surface area contributed by atoms with E-state index in [0.717, 1.165) is 41.2 Å². The summed E-state index contributed by atoms with van der Waals surface area (Å²) in [5.74, 6) is -1.13. The van der Waals surface area contributed by atoms with Gasteiger partial charge >= 0.3 is 0 Å². The molecule has 0 bridgehead atoms. The largest absolute Gasteiger partial charge is 0.357 e. The van der Waals surface area contributed by atoms with Crippen molar-refractivity contribution in [3.63, 3.8) is 0 Å². The van der Waals surface area contributed by atoms with Gasteiger partial charge in [0.1, 0.15) is 11.6 Å². The number of rotatable bonds is 1. The molecule has 0 saturated heterocycles. The second-order valence-electron chi connectivity index (χ2n) is 5.55. The van der Waals surface area contributed by atoms with E-state index in [1.165, 1.54) is 12.1 Å². The summed E-state index contributed by atoms with van der Waals surface area (Å²) in [4.78, 5) is 3.36. The topological polar surface area (TPSA) is 27.8 Å². The quantitative estimate of drug-likeness (QED) is 0.686. The molecule has 2 nitrogen and oxygen atoms in total. The number of halogens is 3. The smallest absolute Gasteiger partial charge is 0.126 e. The first-order chi connectivity index (χ1) is 10.6. The Bertz CT molecular complexity index is 852. The summed E-state index contributed by atoms with van der Waals surface area (Å²) in [7, 11) is 0. The van der Waals surface area contributed by atoms with Gasteiger partial charge in [-0.15, -0.1) is 0 Å². The fourth-order valence-electron chi connectivity index (χ4n) is 3.23. The van der Waals surface area contributed by atoms with Gasteiger partial charge in [-0.05, 0) is 47.9 Å². The Morgan fingerprint density at radius 2 is 1.82 bits per heavy atom. The molecule has 2 aromatic carbocycles. The third kappa shape index (κ3) is 2.19. The number of fused-ring (bicyclic) bond motifs is 3. The summed E-state index contributed by atoms with van der Waals surface area (Å²) >= 11 is 6.08. The Hall–Kier alpha value is -1.91. The summed E-state index contributed by atoms with van der Waals surface area (Å²) in [6, 6.07) is 9.07. The maximum atomic E-state index is 13.5. The van der Waals surface area contributed by atoms with Gasteiger partial charge in [-0.3, -0.25) is 0 Å². The third-order valence-electron chi connectivity index (χ3n) is 4.13. The summed E-state index contributed by atoms with van der Waals surface area (Å²) in [6.07, 6.45) is 0.851. The molecule has 0 radical (unpaired) electrons. The number of H-pyrrole nitrogens is 1. The van der Waals surface area contributed by atoms with Gasteiger partial charge in [-0.25, -0.2) is 8.78 Å². The van der Waals surface area contributed by atoms with E-state index in [9.17, 15) is 8.78 Å². The van der Waals surface area contributed by atoms with Crippen molar-refractivity contribution in [3.8, 4) is 0 Å². The minimum absolute atomic E-state index is 0.250. The molecule has 22 heavy (non-hydrogen) atoms. The molecule has 112 valence electrons. The Morgan fingerprint density at radius 3 is 2.59 bits per heavy atom. The summed E-state index contributed by atoms with van der Waals surface area (Å²) in [5, 5.41) is 5.08. The minimum atomic E-state index is -0.567. The van der Waals surface area contributed by atoms with E-state index in [1.807, 2.05) is 18.2 Å². The van der Waals surface area contributed by atoms with Crippen LogP contribution in [0, 0.1) is 11.6 Å². The number of benzene rings is 2. The van der Waals surface area contributed by atoms with Crippen molar-refractivity contribution < 1.29 is 8.78 Å². The Balaban J connectivity index is 1.90. The van der Waals surface area contributed by atoms with Crippen molar-refractivity contribution in [1.29, 1.82) is 0 Å². The van der Waals surface area contributed by atoms with Crippen LogP contribution in [0.1, 0.15) is 22.9 Å². The lowest BCUT2D eigenvalue weighted by atomic mass is 9.94. The molecule has 0 spiro atoms. The molecule has 0 fully saturated rings. The first-order valence-electron chi connectivity index (χ1n) is 7.11. The van der Waals surface area contributed by atoms with Crippen molar-refractivity contribution in [1.82, 2.24) is 10.3 Å². The van der Waals surface area contributed by atoms with Crippen LogP contribution in [-0.2, 0) is 6.42 Å². The van der Waals surface area contributed by atoms with E-state index in [0.29, 0.717) is 10.6 Å². The monoisotopic (exact) mass is 318 g/mol. The lowest BCUT2D eigenvalue weighted by Crippen LogP contribution is -2.30. The molecule has 1 unspecified atom stereocenters. The van der Waals surface area contributed by atoms with E-state index in [2.05, 4.69) is 10.3 Å². The van der Waals surface area contributed by atoms with Crippen LogP contribution in [0.3, 0.4) is 0 Å². The zero-order valence-electron chi connectivity index (χ0n) is 11.6. The average Bonchev–Trinajstić information content (AvgIpc) is 2.84. The second-order valence-corrected chi connectivity index (χ2v) is 5.98. The van der Waals surface area contributed by atoms with Gasteiger partial charge < -0.3 is 10.3 Å². The zero-order valence-corrected chi connectivity index (χ0v) is 12.3. The predicted molar refractivity (Wildman–Crippen MR) is 83.2 cm³/mol. The molecule has 1 aliphatic rings. The van der Waals surface area contributed by atoms with Gasteiger partial charge in [0.25, 0.3) is 0 Å². The summed E-state index contributed by atoms with van der Waals surface area (Å²) < 4.78 is 27.0. The summed E-state index contributed by atoms with van der Waals surface area (Å²) in [5.41, 5.74) is 3.68. The van der Waals surface area contributed by atoms with Crippen molar-refractivity contribution in [2.45, 2.75) is 12.5 Å². The van der Waals surface area contributed by atoms with Crippen molar-refractivity contribution in [2.24, 2.45) is 0 Å². The number of hydrogen-bond donors (Lipinski definition) is 2. The Morgan fingerprint density at radius 1 is 1.05 bits per heavy atom. The lowest BCUT2D eigenvalue weighted by molar-refractivity contribution is 0.539. The highest BCUT2D eigenvalue weighted by Gasteiger charge is 2.26. The van der Waals surface area contributed by atoms with E-state index >= 15 is 0 Å². The van der Waals surface area contributed by atoms with E-state index < -0.39 is 11.6 Å². The van der Waals surface area contributed by atoms with Gasteiger partial charge in [-0.1, -0.05) is 11.6 Å². The summed E-state index contributed by atoms with van der Waals surface area (Å²) in [6.45, 7) is 0.745. The molecule has 0 amide bonds. The highest BCUT2D eigenvalue weighted by atomic mass is 35.5. The Kier molecular flexibility index (Phi) is 3.17. The van der Waals surface area contributed by atoms with Crippen LogP contribution < -0.4 is 5.32 Å². The van der Waals surface area contributed by atoms with Crippen LogP contribution >= 0.6 is 11.6 Å². The van der Waals surface area contributed by atoms with Gasteiger partial charge in [0, 0.05) is 34.2 Å². The fourth-order valence-corrected chi connectivity index (χ4v) is 3.40. The molecule has 1 aliphatic heterocycles. The van der Waals surface area contributed by atoms with E-state index in [1.54, 1.807) is 0 Å². The molecule has 2 N–H and O–H groups in total. The molecule has 5 heteroatoms. The molecule has 4 rings (SSSR count). The van der Waals surface area contributed by atoms with Crippen LogP contribution in [0.4, 0.5) is 8.78 Å². The highest BCUT2D eigenvalue weighted by molar-refractivity contribution is 6.31. The maximum absolute atomic E-state index is 13.5. The highest BCUT2D eigenvalue weighted by Crippen LogP contribution is 2.34. The molecule has 3 aromatic rings. The fraction of sp³-hybridized carbons (Fsp3) is 0.176. The van der Waals surface area contributed by atoms with Crippen LogP contribution in [0.25, 0.3) is 10.9 Å². The molecular formula is C17H13ClF2N2. The minimum Gasteiger partial charge on any atom is -0.357 e. The number of hydrogen-bond acceptors (Lipinski definition) is 1. The van der Waals surface area contributed by atoms with Crippen LogP contribution in [-0.4, -0.2) is 11.5 Å². The van der Waals surface area contributed by atoms with Crippen LogP contribution in [0.5, 0.6) is 0 Å². The molecular weight excluding hydrogens is 306 g/mol. The predicted octanol–water partition coefficient (Wildman–Crippen LogP) is 4.33. The Labute approximate surface area is 131 Å². The third-order valence-corrected chi connectivity index (χ3v) is 4.37. The van der Waals surface area contributed by atoms with Crippen molar-refractivity contribution in [3.05, 3.63) is 69.9 Å². The maximum Gasteiger partial charge on any atom is 0.126 e. The second kappa shape index (κ2) is 5.07. The van der Waals surface area contributed by atoms with Gasteiger partial charge in [0.15, 0.2) is 0 Å². The van der Waals surface area contributed by atoms with Crippen molar-refractivity contribution >= 4 is 22.5 Å². The zero-order chi connectivity index (χ0) is 15.3. The SMILES string of the molecule is Fc1cc(F)cc(C2NCCc3c2[nH]c2ccc(Cl)cc32)c1. The van der Waals surface area contributed by atoms with Crippen molar-refractivity contribution in [2.75, 3.05) is 6.54 Å². The molecule has 0 aliphatic carbocycles. The molecule has 1 atom stereocenters. The van der Waals surface area contributed by atoms with Crippen LogP contribution in [0.2, 0.25) is 5.02 Å². The van der Waals surface area contributed by atoms with Gasteiger partial charge in [-0.2, -0.15) is 0 Å². The number of aromatic amines is 1. The van der Waals surface area contributed by atoms with E-state index in [4.69, 9.17) is 11.6 Å².